The second-order valence-corrected chi connectivity index (χ2v) is 6.58. The van der Waals surface area contributed by atoms with Gasteiger partial charge in [-0.15, -0.1) is 12.4 Å². The van der Waals surface area contributed by atoms with Crippen molar-refractivity contribution in [1.82, 2.24) is 10.6 Å². The van der Waals surface area contributed by atoms with Crippen molar-refractivity contribution in [2.75, 3.05) is 13.1 Å². The Hall–Kier alpha value is -1.06. The highest BCUT2D eigenvalue weighted by atomic mass is 35.5. The van der Waals surface area contributed by atoms with Crippen LogP contribution in [0.5, 0.6) is 0 Å². The van der Waals surface area contributed by atoms with Crippen LogP contribution in [0.3, 0.4) is 0 Å². The molecule has 0 spiro atoms. The van der Waals surface area contributed by atoms with Gasteiger partial charge >= 0.3 is 0 Å². The molecule has 1 heterocycles. The maximum absolute atomic E-state index is 12.2. The largest absolute Gasteiger partial charge is 0.348 e. The van der Waals surface area contributed by atoms with E-state index in [2.05, 4.69) is 62.6 Å². The average molecular weight is 297 g/mol. The van der Waals surface area contributed by atoms with E-state index in [1.54, 1.807) is 0 Å². The van der Waals surface area contributed by atoms with E-state index in [1.807, 2.05) is 0 Å². The molecule has 1 aromatic carbocycles. The smallest absolute Gasteiger partial charge is 0.226 e. The minimum Gasteiger partial charge on any atom is -0.348 e. The topological polar surface area (TPSA) is 41.1 Å². The quantitative estimate of drug-likeness (QED) is 0.900. The van der Waals surface area contributed by atoms with E-state index in [1.165, 1.54) is 11.1 Å². The Morgan fingerprint density at radius 1 is 1.35 bits per heavy atom. The van der Waals surface area contributed by atoms with Crippen molar-refractivity contribution in [1.29, 1.82) is 0 Å². The van der Waals surface area contributed by atoms with Gasteiger partial charge in [0.25, 0.3) is 0 Å². The summed E-state index contributed by atoms with van der Waals surface area (Å²) in [5, 5.41) is 6.37. The normalized spacial score (nSPS) is 16.8. The van der Waals surface area contributed by atoms with Gasteiger partial charge in [0, 0.05) is 13.1 Å². The molecule has 1 fully saturated rings. The summed E-state index contributed by atoms with van der Waals surface area (Å²) in [6.07, 6.45) is 0. The van der Waals surface area contributed by atoms with E-state index >= 15 is 0 Å². The zero-order valence-corrected chi connectivity index (χ0v) is 13.5. The van der Waals surface area contributed by atoms with Crippen LogP contribution in [0.25, 0.3) is 0 Å². The minimum atomic E-state index is 0. The van der Waals surface area contributed by atoms with Crippen molar-refractivity contribution < 1.29 is 4.79 Å². The molecule has 3 nitrogen and oxygen atoms in total. The molecule has 1 atom stereocenters. The molecule has 1 aromatic rings. The first-order valence-electron chi connectivity index (χ1n) is 6.95. The predicted molar refractivity (Wildman–Crippen MR) is 85.1 cm³/mol. The molecule has 1 aliphatic rings. The number of amides is 1. The maximum atomic E-state index is 12.2. The lowest BCUT2D eigenvalue weighted by Crippen LogP contribution is -2.52. The fourth-order valence-corrected chi connectivity index (χ4v) is 2.38. The van der Waals surface area contributed by atoms with E-state index in [4.69, 9.17) is 0 Å². The van der Waals surface area contributed by atoms with Crippen molar-refractivity contribution in [3.05, 3.63) is 35.4 Å². The molecule has 0 saturated carbocycles. The summed E-state index contributed by atoms with van der Waals surface area (Å²) in [4.78, 5) is 12.2. The van der Waals surface area contributed by atoms with Gasteiger partial charge in [-0.05, 0) is 17.9 Å². The molecule has 0 radical (unpaired) electrons. The van der Waals surface area contributed by atoms with Gasteiger partial charge in [-0.1, -0.05) is 50.6 Å². The van der Waals surface area contributed by atoms with Crippen molar-refractivity contribution in [2.45, 2.75) is 33.7 Å². The van der Waals surface area contributed by atoms with Crippen LogP contribution in [0, 0.1) is 18.3 Å². The van der Waals surface area contributed by atoms with E-state index in [0.717, 1.165) is 13.1 Å². The number of benzene rings is 1. The van der Waals surface area contributed by atoms with Crippen LogP contribution in [0.15, 0.2) is 24.3 Å². The number of carbonyl (C=O) groups is 1. The van der Waals surface area contributed by atoms with Gasteiger partial charge in [-0.3, -0.25) is 4.79 Å². The molecule has 112 valence electrons. The van der Waals surface area contributed by atoms with Crippen LogP contribution in [0.2, 0.25) is 0 Å². The summed E-state index contributed by atoms with van der Waals surface area (Å²) in [5.41, 5.74) is 2.42. The summed E-state index contributed by atoms with van der Waals surface area (Å²) in [6.45, 7) is 10.2. The molecule has 1 aliphatic heterocycles. The molecule has 1 unspecified atom stereocenters. The molecular weight excluding hydrogens is 272 g/mol. The fraction of sp³-hybridized carbons (Fsp3) is 0.562. The summed E-state index contributed by atoms with van der Waals surface area (Å²) >= 11 is 0. The lowest BCUT2D eigenvalue weighted by molar-refractivity contribution is -0.128. The van der Waals surface area contributed by atoms with Crippen LogP contribution in [-0.4, -0.2) is 19.0 Å². The van der Waals surface area contributed by atoms with Crippen molar-refractivity contribution in [3.63, 3.8) is 0 Å². The predicted octanol–water partition coefficient (Wildman–Crippen LogP) is 2.84. The third-order valence-electron chi connectivity index (χ3n) is 3.68. The molecule has 0 aliphatic carbocycles. The van der Waals surface area contributed by atoms with E-state index in [0.29, 0.717) is 0 Å². The Morgan fingerprint density at radius 3 is 2.45 bits per heavy atom. The van der Waals surface area contributed by atoms with Gasteiger partial charge < -0.3 is 10.6 Å². The standard InChI is InChI=1S/C16H24N2O.ClH/c1-11-6-5-7-12(8-11)14(16(2,3)4)18-15(19)13-9-17-10-13;/h5-8,13-14,17H,9-10H2,1-4H3,(H,18,19);1H. The van der Waals surface area contributed by atoms with E-state index in [-0.39, 0.29) is 35.7 Å². The van der Waals surface area contributed by atoms with Gasteiger partial charge in [0.2, 0.25) is 5.91 Å². The Kier molecular flexibility index (Phi) is 5.60. The number of hydrogen-bond donors (Lipinski definition) is 2. The lowest BCUT2D eigenvalue weighted by Gasteiger charge is -2.35. The third kappa shape index (κ3) is 3.97. The van der Waals surface area contributed by atoms with E-state index in [9.17, 15) is 4.79 Å². The number of carbonyl (C=O) groups excluding carboxylic acids is 1. The Labute approximate surface area is 127 Å². The third-order valence-corrected chi connectivity index (χ3v) is 3.68. The summed E-state index contributed by atoms with van der Waals surface area (Å²) in [6, 6.07) is 8.46. The zero-order valence-electron chi connectivity index (χ0n) is 12.7. The molecule has 0 aromatic heterocycles. The molecular formula is C16H25ClN2O. The summed E-state index contributed by atoms with van der Waals surface area (Å²) in [7, 11) is 0. The highest BCUT2D eigenvalue weighted by Gasteiger charge is 2.32. The second-order valence-electron chi connectivity index (χ2n) is 6.58. The van der Waals surface area contributed by atoms with Crippen molar-refractivity contribution >= 4 is 18.3 Å². The SMILES string of the molecule is Cc1cccc(C(NC(=O)C2CNC2)C(C)(C)C)c1.Cl. The highest BCUT2D eigenvalue weighted by molar-refractivity contribution is 5.85. The lowest BCUT2D eigenvalue weighted by atomic mass is 9.81. The average Bonchev–Trinajstić information content (AvgIpc) is 2.21. The number of halogens is 1. The highest BCUT2D eigenvalue weighted by Crippen LogP contribution is 2.33. The minimum absolute atomic E-state index is 0. The molecule has 20 heavy (non-hydrogen) atoms. The monoisotopic (exact) mass is 296 g/mol. The van der Waals surface area contributed by atoms with Gasteiger partial charge in [0.15, 0.2) is 0 Å². The van der Waals surface area contributed by atoms with Gasteiger partial charge in [0.05, 0.1) is 12.0 Å². The number of nitrogens with one attached hydrogen (secondary N) is 2. The van der Waals surface area contributed by atoms with Crippen LogP contribution < -0.4 is 10.6 Å². The van der Waals surface area contributed by atoms with Gasteiger partial charge in [-0.25, -0.2) is 0 Å². The summed E-state index contributed by atoms with van der Waals surface area (Å²) < 4.78 is 0. The molecule has 2 N–H and O–H groups in total. The van der Waals surface area contributed by atoms with Crippen LogP contribution in [0.4, 0.5) is 0 Å². The molecule has 4 heteroatoms. The number of hydrogen-bond acceptors (Lipinski definition) is 2. The van der Waals surface area contributed by atoms with E-state index < -0.39 is 0 Å². The van der Waals surface area contributed by atoms with Crippen LogP contribution in [0.1, 0.15) is 37.9 Å². The van der Waals surface area contributed by atoms with Crippen molar-refractivity contribution in [2.24, 2.45) is 11.3 Å². The first-order valence-corrected chi connectivity index (χ1v) is 6.95. The van der Waals surface area contributed by atoms with Crippen molar-refractivity contribution in [3.8, 4) is 0 Å². The second kappa shape index (κ2) is 6.59. The van der Waals surface area contributed by atoms with Crippen LogP contribution >= 0.6 is 12.4 Å². The maximum Gasteiger partial charge on any atom is 0.226 e. The molecule has 1 saturated heterocycles. The Bertz CT molecular complexity index is 464. The summed E-state index contributed by atoms with van der Waals surface area (Å²) in [5.74, 6) is 0.301. The number of rotatable bonds is 3. The zero-order chi connectivity index (χ0) is 14.0. The number of aryl methyl sites for hydroxylation is 1. The van der Waals surface area contributed by atoms with Crippen LogP contribution in [-0.2, 0) is 4.79 Å². The molecule has 0 bridgehead atoms. The first kappa shape index (κ1) is 17.0. The Morgan fingerprint density at radius 2 is 2.00 bits per heavy atom. The first-order chi connectivity index (χ1) is 8.88. The Balaban J connectivity index is 0.00000200. The molecule has 2 rings (SSSR count). The fourth-order valence-electron chi connectivity index (χ4n) is 2.38. The van der Waals surface area contributed by atoms with Gasteiger partial charge in [0.1, 0.15) is 0 Å². The van der Waals surface area contributed by atoms with Gasteiger partial charge in [-0.2, -0.15) is 0 Å². The molecule has 1 amide bonds.